The van der Waals surface area contributed by atoms with E-state index in [0.29, 0.717) is 17.0 Å². The van der Waals surface area contributed by atoms with Crippen LogP contribution in [-0.2, 0) is 0 Å². The molecule has 0 bridgehead atoms. The highest BCUT2D eigenvalue weighted by atomic mass is 35.5. The molecule has 0 aromatic carbocycles. The first-order chi connectivity index (χ1) is 9.10. The average Bonchev–Trinajstić information content (AvgIpc) is 2.83. The summed E-state index contributed by atoms with van der Waals surface area (Å²) in [6, 6.07) is 1.76. The summed E-state index contributed by atoms with van der Waals surface area (Å²) >= 11 is 6.01. The van der Waals surface area contributed by atoms with E-state index in [4.69, 9.17) is 11.6 Å². The van der Waals surface area contributed by atoms with E-state index in [1.54, 1.807) is 6.07 Å². The van der Waals surface area contributed by atoms with Crippen LogP contribution in [-0.4, -0.2) is 28.2 Å². The lowest BCUT2D eigenvalue weighted by molar-refractivity contribution is 0.199. The van der Waals surface area contributed by atoms with Crippen molar-refractivity contribution in [2.75, 3.05) is 18.5 Å². The lowest BCUT2D eigenvalue weighted by atomic mass is 9.97. The summed E-state index contributed by atoms with van der Waals surface area (Å²) in [6.45, 7) is 5.23. The fourth-order valence-corrected chi connectivity index (χ4v) is 2.83. The molecule has 2 N–H and O–H groups in total. The molecule has 2 atom stereocenters. The molecule has 1 saturated carbocycles. The van der Waals surface area contributed by atoms with Crippen molar-refractivity contribution in [3.63, 3.8) is 0 Å². The van der Waals surface area contributed by atoms with Gasteiger partial charge in [-0.25, -0.2) is 9.97 Å². The molecule has 5 heteroatoms. The van der Waals surface area contributed by atoms with Gasteiger partial charge in [-0.2, -0.15) is 0 Å². The Morgan fingerprint density at radius 2 is 2.11 bits per heavy atom. The molecule has 4 nitrogen and oxygen atoms in total. The summed E-state index contributed by atoms with van der Waals surface area (Å²) in [4.78, 5) is 8.69. The molecule has 1 aromatic heterocycles. The van der Waals surface area contributed by atoms with Crippen LogP contribution in [0.25, 0.3) is 0 Å². The number of hydrogen-bond acceptors (Lipinski definition) is 4. The molecular formula is C14H22ClN3O. The number of nitrogens with zero attached hydrogens (tertiary/aromatic N) is 2. The zero-order valence-corrected chi connectivity index (χ0v) is 12.3. The molecule has 1 aliphatic rings. The zero-order valence-electron chi connectivity index (χ0n) is 11.6. The number of rotatable bonds is 5. The molecule has 106 valence electrons. The molecule has 19 heavy (non-hydrogen) atoms. The molecule has 2 rings (SSSR count). The molecule has 0 amide bonds. The predicted molar refractivity (Wildman–Crippen MR) is 77.5 cm³/mol. The van der Waals surface area contributed by atoms with E-state index in [1.807, 2.05) is 13.8 Å². The van der Waals surface area contributed by atoms with E-state index < -0.39 is 0 Å². The van der Waals surface area contributed by atoms with Gasteiger partial charge < -0.3 is 10.4 Å². The van der Waals surface area contributed by atoms with Gasteiger partial charge >= 0.3 is 0 Å². The third-order valence-electron chi connectivity index (χ3n) is 3.82. The summed E-state index contributed by atoms with van der Waals surface area (Å²) in [6.07, 6.45) is 3.51. The highest BCUT2D eigenvalue weighted by Gasteiger charge is 2.26. The van der Waals surface area contributed by atoms with Crippen molar-refractivity contribution in [2.45, 2.75) is 39.0 Å². The second-order valence-corrected chi connectivity index (χ2v) is 5.99. The van der Waals surface area contributed by atoms with Crippen molar-refractivity contribution >= 4 is 17.4 Å². The molecule has 2 unspecified atom stereocenters. The van der Waals surface area contributed by atoms with Crippen LogP contribution in [0.5, 0.6) is 0 Å². The monoisotopic (exact) mass is 283 g/mol. The van der Waals surface area contributed by atoms with Crippen molar-refractivity contribution in [3.05, 3.63) is 17.0 Å². The van der Waals surface area contributed by atoms with Gasteiger partial charge in [-0.1, -0.05) is 31.9 Å². The van der Waals surface area contributed by atoms with Crippen molar-refractivity contribution in [2.24, 2.45) is 11.8 Å². The van der Waals surface area contributed by atoms with Crippen LogP contribution in [0.15, 0.2) is 6.07 Å². The number of halogens is 1. The summed E-state index contributed by atoms with van der Waals surface area (Å²) < 4.78 is 0. The van der Waals surface area contributed by atoms with Crippen molar-refractivity contribution in [1.82, 2.24) is 9.97 Å². The van der Waals surface area contributed by atoms with E-state index in [2.05, 4.69) is 15.3 Å². The molecule has 1 fully saturated rings. The molecule has 0 saturated heterocycles. The second-order valence-electron chi connectivity index (χ2n) is 5.60. The van der Waals surface area contributed by atoms with E-state index in [1.165, 1.54) is 12.8 Å². The third kappa shape index (κ3) is 3.80. The Hall–Kier alpha value is -0.870. The van der Waals surface area contributed by atoms with Crippen LogP contribution in [0.2, 0.25) is 5.15 Å². The molecule has 1 heterocycles. The Bertz CT molecular complexity index is 425. The summed E-state index contributed by atoms with van der Waals surface area (Å²) in [5.74, 6) is 2.76. The zero-order chi connectivity index (χ0) is 13.8. The minimum absolute atomic E-state index is 0.260. The number of aromatic nitrogens is 2. The van der Waals surface area contributed by atoms with Gasteiger partial charge in [0.25, 0.3) is 0 Å². The highest BCUT2D eigenvalue weighted by Crippen LogP contribution is 2.31. The standard InChI is InChI=1S/C14H22ClN3O/c1-9(2)14-17-12(15)6-13(18-14)16-7-10-4-3-5-11(10)8-19/h6,9-11,19H,3-5,7-8H2,1-2H3,(H,16,17,18). The second kappa shape index (κ2) is 6.53. The van der Waals surface area contributed by atoms with Gasteiger partial charge in [-0.15, -0.1) is 0 Å². The average molecular weight is 284 g/mol. The Kier molecular flexibility index (Phi) is 4.99. The molecule has 1 aliphatic carbocycles. The van der Waals surface area contributed by atoms with Crippen LogP contribution in [0.3, 0.4) is 0 Å². The molecule has 0 aliphatic heterocycles. The minimum atomic E-state index is 0.260. The Morgan fingerprint density at radius 3 is 2.79 bits per heavy atom. The smallest absolute Gasteiger partial charge is 0.135 e. The first-order valence-corrected chi connectivity index (χ1v) is 7.37. The number of nitrogens with one attached hydrogen (secondary N) is 1. The third-order valence-corrected chi connectivity index (χ3v) is 4.02. The highest BCUT2D eigenvalue weighted by molar-refractivity contribution is 6.29. The van der Waals surface area contributed by atoms with Gasteiger partial charge in [0.05, 0.1) is 0 Å². The van der Waals surface area contributed by atoms with Crippen LogP contribution in [0, 0.1) is 11.8 Å². The lowest BCUT2D eigenvalue weighted by Gasteiger charge is -2.18. The molecule has 0 spiro atoms. The predicted octanol–water partition coefficient (Wildman–Crippen LogP) is 3.07. The first kappa shape index (κ1) is 14.5. The number of aliphatic hydroxyl groups excluding tert-OH is 1. The minimum Gasteiger partial charge on any atom is -0.396 e. The first-order valence-electron chi connectivity index (χ1n) is 6.99. The number of anilines is 1. The van der Waals surface area contributed by atoms with E-state index in [-0.39, 0.29) is 12.5 Å². The molecular weight excluding hydrogens is 262 g/mol. The van der Waals surface area contributed by atoms with Crippen molar-refractivity contribution < 1.29 is 5.11 Å². The van der Waals surface area contributed by atoms with Crippen molar-refractivity contribution in [1.29, 1.82) is 0 Å². The Labute approximate surface area is 119 Å². The van der Waals surface area contributed by atoms with Crippen LogP contribution in [0.1, 0.15) is 44.9 Å². The summed E-state index contributed by atoms with van der Waals surface area (Å²) in [5, 5.41) is 13.1. The fourth-order valence-electron chi connectivity index (χ4n) is 2.64. The summed E-state index contributed by atoms with van der Waals surface area (Å²) in [7, 11) is 0. The van der Waals surface area contributed by atoms with Crippen LogP contribution >= 0.6 is 11.6 Å². The lowest BCUT2D eigenvalue weighted by Crippen LogP contribution is -2.21. The van der Waals surface area contributed by atoms with E-state index >= 15 is 0 Å². The largest absolute Gasteiger partial charge is 0.396 e. The number of hydrogen-bond donors (Lipinski definition) is 2. The van der Waals surface area contributed by atoms with Crippen molar-refractivity contribution in [3.8, 4) is 0 Å². The van der Waals surface area contributed by atoms with Gasteiger partial charge in [0.15, 0.2) is 0 Å². The van der Waals surface area contributed by atoms with Crippen LogP contribution in [0.4, 0.5) is 5.82 Å². The Balaban J connectivity index is 1.99. The quantitative estimate of drug-likeness (QED) is 0.816. The van der Waals surface area contributed by atoms with Gasteiger partial charge in [-0.3, -0.25) is 0 Å². The SMILES string of the molecule is CC(C)c1nc(Cl)cc(NCC2CCCC2CO)n1. The normalized spacial score (nSPS) is 23.0. The topological polar surface area (TPSA) is 58.0 Å². The molecule has 0 radical (unpaired) electrons. The van der Waals surface area contributed by atoms with E-state index in [0.717, 1.165) is 24.6 Å². The van der Waals surface area contributed by atoms with Gasteiger partial charge in [0, 0.05) is 25.1 Å². The van der Waals surface area contributed by atoms with Crippen LogP contribution < -0.4 is 5.32 Å². The maximum absolute atomic E-state index is 9.32. The van der Waals surface area contributed by atoms with Gasteiger partial charge in [0.1, 0.15) is 16.8 Å². The van der Waals surface area contributed by atoms with Gasteiger partial charge in [0.2, 0.25) is 0 Å². The van der Waals surface area contributed by atoms with Gasteiger partial charge in [-0.05, 0) is 24.7 Å². The number of aliphatic hydroxyl groups is 1. The fraction of sp³-hybridized carbons (Fsp3) is 0.714. The maximum Gasteiger partial charge on any atom is 0.135 e. The summed E-state index contributed by atoms with van der Waals surface area (Å²) in [5.41, 5.74) is 0. The molecule has 1 aromatic rings. The van der Waals surface area contributed by atoms with E-state index in [9.17, 15) is 5.11 Å². The Morgan fingerprint density at radius 1 is 1.37 bits per heavy atom. The maximum atomic E-state index is 9.32.